The molecule has 7 heteroatoms. The minimum Gasteiger partial charge on any atom is -0.478 e. The van der Waals surface area contributed by atoms with Crippen LogP contribution in [0.3, 0.4) is 0 Å². The number of carboxylic acid groups (broad SMARTS) is 1. The van der Waals surface area contributed by atoms with Crippen LogP contribution in [0, 0.1) is 0 Å². The number of aromatic carboxylic acids is 1. The zero-order chi connectivity index (χ0) is 12.6. The second kappa shape index (κ2) is 4.06. The molecule has 17 heavy (non-hydrogen) atoms. The number of urea groups is 1. The Morgan fingerprint density at radius 1 is 1.35 bits per heavy atom. The van der Waals surface area contributed by atoms with E-state index in [0.29, 0.717) is 0 Å². The van der Waals surface area contributed by atoms with Crippen molar-refractivity contribution in [1.82, 2.24) is 5.32 Å². The Balaban J connectivity index is 2.48. The number of benzene rings is 1. The van der Waals surface area contributed by atoms with Gasteiger partial charge in [0.2, 0.25) is 0 Å². The lowest BCUT2D eigenvalue weighted by molar-refractivity contribution is -0.115. The minimum absolute atomic E-state index is 0.0833. The predicted octanol–water partition coefficient (Wildman–Crippen LogP) is 1.09. The summed E-state index contributed by atoms with van der Waals surface area (Å²) in [5, 5.41) is 11.3. The molecule has 2 N–H and O–H groups in total. The Hall–Kier alpha value is -2.08. The molecule has 0 aliphatic carbocycles. The normalized spacial score (nSPS) is 15.0. The van der Waals surface area contributed by atoms with E-state index in [4.69, 9.17) is 16.7 Å². The van der Waals surface area contributed by atoms with Gasteiger partial charge in [-0.15, -0.1) is 0 Å². The van der Waals surface area contributed by atoms with Crippen LogP contribution in [0.25, 0.3) is 0 Å². The molecule has 1 heterocycles. The van der Waals surface area contributed by atoms with E-state index >= 15 is 0 Å². The molecule has 1 aromatic rings. The van der Waals surface area contributed by atoms with Gasteiger partial charge in [0.1, 0.15) is 0 Å². The number of hydrogen-bond acceptors (Lipinski definition) is 3. The summed E-state index contributed by atoms with van der Waals surface area (Å²) in [6, 6.07) is 3.23. The quantitative estimate of drug-likeness (QED) is 0.774. The Morgan fingerprint density at radius 3 is 2.59 bits per heavy atom. The van der Waals surface area contributed by atoms with Crippen molar-refractivity contribution in [2.45, 2.75) is 0 Å². The highest BCUT2D eigenvalue weighted by Crippen LogP contribution is 2.24. The maximum atomic E-state index is 11.4. The molecule has 1 aromatic carbocycles. The van der Waals surface area contributed by atoms with E-state index in [1.54, 1.807) is 0 Å². The summed E-state index contributed by atoms with van der Waals surface area (Å²) >= 11 is 5.73. The predicted molar refractivity (Wildman–Crippen MR) is 59.3 cm³/mol. The van der Waals surface area contributed by atoms with E-state index in [1.807, 2.05) is 0 Å². The molecule has 2 rings (SSSR count). The van der Waals surface area contributed by atoms with E-state index in [-0.39, 0.29) is 22.8 Å². The molecule has 6 nitrogen and oxygen atoms in total. The van der Waals surface area contributed by atoms with E-state index in [9.17, 15) is 14.4 Å². The van der Waals surface area contributed by atoms with Crippen LogP contribution in [0.4, 0.5) is 10.5 Å². The molecular weight excluding hydrogens is 248 g/mol. The molecule has 88 valence electrons. The third kappa shape index (κ3) is 2.07. The van der Waals surface area contributed by atoms with Gasteiger partial charge in [-0.2, -0.15) is 0 Å². The maximum absolute atomic E-state index is 11.4. The van der Waals surface area contributed by atoms with Crippen LogP contribution >= 0.6 is 11.6 Å². The molecule has 0 radical (unpaired) electrons. The van der Waals surface area contributed by atoms with Gasteiger partial charge < -0.3 is 10.4 Å². The van der Waals surface area contributed by atoms with E-state index in [0.717, 1.165) is 4.90 Å². The summed E-state index contributed by atoms with van der Waals surface area (Å²) in [6.45, 7) is -0.103. The van der Waals surface area contributed by atoms with Gasteiger partial charge in [-0.1, -0.05) is 11.6 Å². The summed E-state index contributed by atoms with van der Waals surface area (Å²) in [5.74, 6) is -1.63. The first-order chi connectivity index (χ1) is 7.99. The first kappa shape index (κ1) is 11.4. The fourth-order valence-corrected chi connectivity index (χ4v) is 1.74. The molecule has 0 bridgehead atoms. The molecule has 0 spiro atoms. The van der Waals surface area contributed by atoms with Crippen molar-refractivity contribution in [3.8, 4) is 0 Å². The maximum Gasteiger partial charge on any atom is 0.335 e. The number of hydrogen-bond donors (Lipinski definition) is 2. The summed E-state index contributed by atoms with van der Waals surface area (Å²) in [4.78, 5) is 34.5. The smallest absolute Gasteiger partial charge is 0.335 e. The van der Waals surface area contributed by atoms with Crippen molar-refractivity contribution in [2.75, 3.05) is 11.4 Å². The number of amides is 3. The SMILES string of the molecule is O=C(O)c1cc(Cl)cc(N2C(=O)CNC2=O)c1. The lowest BCUT2D eigenvalue weighted by Crippen LogP contribution is -2.30. The molecule has 1 aliphatic heterocycles. The van der Waals surface area contributed by atoms with Crippen LogP contribution in [0.2, 0.25) is 5.02 Å². The largest absolute Gasteiger partial charge is 0.478 e. The number of anilines is 1. The zero-order valence-electron chi connectivity index (χ0n) is 8.44. The van der Waals surface area contributed by atoms with Gasteiger partial charge in [-0.25, -0.2) is 14.5 Å². The second-order valence-corrected chi connectivity index (χ2v) is 3.83. The molecule has 1 saturated heterocycles. The molecule has 1 fully saturated rings. The highest BCUT2D eigenvalue weighted by molar-refractivity contribution is 6.31. The highest BCUT2D eigenvalue weighted by atomic mass is 35.5. The molecular formula is C10H7ClN2O4. The zero-order valence-corrected chi connectivity index (χ0v) is 9.19. The first-order valence-corrected chi connectivity index (χ1v) is 5.01. The Bertz CT molecular complexity index is 513. The van der Waals surface area contributed by atoms with Crippen molar-refractivity contribution < 1.29 is 19.5 Å². The van der Waals surface area contributed by atoms with Crippen molar-refractivity contribution in [1.29, 1.82) is 0 Å². The van der Waals surface area contributed by atoms with Gasteiger partial charge in [-0.3, -0.25) is 4.79 Å². The number of halogens is 1. The average Bonchev–Trinajstić information content (AvgIpc) is 2.57. The van der Waals surface area contributed by atoms with Crippen LogP contribution in [-0.4, -0.2) is 29.6 Å². The fourth-order valence-electron chi connectivity index (χ4n) is 1.51. The third-order valence-corrected chi connectivity index (χ3v) is 2.45. The number of nitrogens with one attached hydrogen (secondary N) is 1. The topological polar surface area (TPSA) is 86.7 Å². The first-order valence-electron chi connectivity index (χ1n) is 4.63. The van der Waals surface area contributed by atoms with E-state index in [1.165, 1.54) is 18.2 Å². The lowest BCUT2D eigenvalue weighted by Gasteiger charge is -2.13. The summed E-state index contributed by atoms with van der Waals surface area (Å²) in [5.41, 5.74) is 0.0647. The number of carboxylic acids is 1. The number of nitrogens with zero attached hydrogens (tertiary/aromatic N) is 1. The van der Waals surface area contributed by atoms with Crippen LogP contribution < -0.4 is 10.2 Å². The fraction of sp³-hybridized carbons (Fsp3) is 0.100. The summed E-state index contributed by atoms with van der Waals surface area (Å²) < 4.78 is 0. The van der Waals surface area contributed by atoms with Gasteiger partial charge in [0.25, 0.3) is 5.91 Å². The van der Waals surface area contributed by atoms with Crippen LogP contribution in [0.1, 0.15) is 10.4 Å². The summed E-state index contributed by atoms with van der Waals surface area (Å²) in [6.07, 6.45) is 0. The van der Waals surface area contributed by atoms with E-state index in [2.05, 4.69) is 5.32 Å². The van der Waals surface area contributed by atoms with Gasteiger partial charge in [0.15, 0.2) is 0 Å². The monoisotopic (exact) mass is 254 g/mol. The van der Waals surface area contributed by atoms with Crippen LogP contribution in [-0.2, 0) is 4.79 Å². The van der Waals surface area contributed by atoms with Crippen molar-refractivity contribution in [2.24, 2.45) is 0 Å². The molecule has 0 atom stereocenters. The molecule has 0 unspecified atom stereocenters. The summed E-state index contributed by atoms with van der Waals surface area (Å²) in [7, 11) is 0. The Morgan fingerprint density at radius 2 is 2.06 bits per heavy atom. The Labute approximate surface area is 101 Å². The molecule has 1 aliphatic rings. The van der Waals surface area contributed by atoms with Crippen molar-refractivity contribution in [3.05, 3.63) is 28.8 Å². The minimum atomic E-state index is -1.18. The molecule has 3 amide bonds. The second-order valence-electron chi connectivity index (χ2n) is 3.39. The average molecular weight is 255 g/mol. The third-order valence-electron chi connectivity index (χ3n) is 2.23. The number of rotatable bonds is 2. The number of imide groups is 1. The van der Waals surface area contributed by atoms with Crippen LogP contribution in [0.5, 0.6) is 0 Å². The number of carbonyl (C=O) groups excluding carboxylic acids is 2. The molecule has 0 saturated carbocycles. The Kier molecular flexibility index (Phi) is 2.72. The van der Waals surface area contributed by atoms with Gasteiger partial charge in [0.05, 0.1) is 17.8 Å². The highest BCUT2D eigenvalue weighted by Gasteiger charge is 2.30. The van der Waals surface area contributed by atoms with Crippen LogP contribution in [0.15, 0.2) is 18.2 Å². The standard InChI is InChI=1S/C10H7ClN2O4/c11-6-1-5(9(15)16)2-7(3-6)13-8(14)4-12-10(13)17/h1-3H,4H2,(H,12,17)(H,15,16). The molecule has 0 aromatic heterocycles. The van der Waals surface area contributed by atoms with Gasteiger partial charge >= 0.3 is 12.0 Å². The van der Waals surface area contributed by atoms with Crippen molar-refractivity contribution >= 4 is 35.2 Å². The lowest BCUT2D eigenvalue weighted by atomic mass is 10.2. The van der Waals surface area contributed by atoms with Gasteiger partial charge in [-0.05, 0) is 18.2 Å². The van der Waals surface area contributed by atoms with Gasteiger partial charge in [0, 0.05) is 5.02 Å². The number of carbonyl (C=O) groups is 3. The van der Waals surface area contributed by atoms with E-state index < -0.39 is 17.9 Å². The van der Waals surface area contributed by atoms with Crippen molar-refractivity contribution in [3.63, 3.8) is 0 Å².